The normalized spacial score (nSPS) is 25.5. The van der Waals surface area contributed by atoms with Gasteiger partial charge in [-0.25, -0.2) is 8.42 Å². The molecule has 2 aromatic carbocycles. The Bertz CT molecular complexity index is 1460. The predicted molar refractivity (Wildman–Crippen MR) is 159 cm³/mol. The first-order valence-corrected chi connectivity index (χ1v) is 16.5. The Labute approximate surface area is 252 Å². The second kappa shape index (κ2) is 12.3. The minimum Gasteiger partial charge on any atom is -0.350 e. The molecule has 1 saturated carbocycles. The van der Waals surface area contributed by atoms with Gasteiger partial charge in [-0.15, -0.1) is 0 Å². The van der Waals surface area contributed by atoms with E-state index in [4.69, 9.17) is 17.3 Å². The molecular formula is C30H38ClN5O5S. The van der Waals surface area contributed by atoms with E-state index in [1.807, 2.05) is 6.07 Å². The number of sulfonamides is 1. The van der Waals surface area contributed by atoms with Gasteiger partial charge in [0.15, 0.2) is 0 Å². The number of rotatable bonds is 10. The molecule has 12 heteroatoms. The van der Waals surface area contributed by atoms with Gasteiger partial charge in [-0.3, -0.25) is 14.4 Å². The molecule has 2 aromatic rings. The van der Waals surface area contributed by atoms with E-state index in [1.165, 1.54) is 4.90 Å². The van der Waals surface area contributed by atoms with Crippen LogP contribution in [0, 0.1) is 11.8 Å². The Morgan fingerprint density at radius 3 is 2.52 bits per heavy atom. The number of benzene rings is 2. The van der Waals surface area contributed by atoms with Gasteiger partial charge >= 0.3 is 0 Å². The van der Waals surface area contributed by atoms with Crippen LogP contribution in [0.3, 0.4) is 0 Å². The van der Waals surface area contributed by atoms with Crippen LogP contribution < -0.4 is 15.8 Å². The summed E-state index contributed by atoms with van der Waals surface area (Å²) < 4.78 is 29.4. The maximum atomic E-state index is 14.2. The molecule has 10 nitrogen and oxygen atoms in total. The summed E-state index contributed by atoms with van der Waals surface area (Å²) in [5.41, 5.74) is 6.43. The van der Waals surface area contributed by atoms with Crippen molar-refractivity contribution in [1.29, 1.82) is 0 Å². The van der Waals surface area contributed by atoms with Crippen molar-refractivity contribution in [2.75, 3.05) is 19.6 Å². The summed E-state index contributed by atoms with van der Waals surface area (Å²) in [6.45, 7) is 4.00. The van der Waals surface area contributed by atoms with E-state index in [0.717, 1.165) is 17.5 Å². The first-order chi connectivity index (χ1) is 20.0. The molecular weight excluding hydrogens is 578 g/mol. The van der Waals surface area contributed by atoms with Crippen molar-refractivity contribution < 1.29 is 22.8 Å². The highest BCUT2D eigenvalue weighted by Crippen LogP contribution is 2.48. The van der Waals surface area contributed by atoms with E-state index in [9.17, 15) is 22.8 Å². The molecule has 3 aliphatic rings. The van der Waals surface area contributed by atoms with E-state index in [2.05, 4.69) is 17.0 Å². The van der Waals surface area contributed by atoms with E-state index in [1.54, 1.807) is 47.4 Å². The highest BCUT2D eigenvalue weighted by atomic mass is 35.5. The van der Waals surface area contributed by atoms with Crippen molar-refractivity contribution >= 4 is 39.3 Å². The smallest absolute Gasteiger partial charge is 0.245 e. The molecule has 226 valence electrons. The lowest BCUT2D eigenvalue weighted by atomic mass is 10.1. The van der Waals surface area contributed by atoms with Crippen LogP contribution in [-0.4, -0.2) is 67.2 Å². The lowest BCUT2D eigenvalue weighted by molar-refractivity contribution is -0.142. The van der Waals surface area contributed by atoms with Crippen molar-refractivity contribution in [3.05, 3.63) is 70.2 Å². The largest absolute Gasteiger partial charge is 0.350 e. The summed E-state index contributed by atoms with van der Waals surface area (Å²) in [4.78, 5) is 44.3. The van der Waals surface area contributed by atoms with Gasteiger partial charge in [-0.1, -0.05) is 54.9 Å². The second-order valence-electron chi connectivity index (χ2n) is 11.7. The zero-order chi connectivity index (χ0) is 30.1. The van der Waals surface area contributed by atoms with Crippen molar-refractivity contribution in [1.82, 2.24) is 19.8 Å². The molecule has 4 atom stereocenters. The van der Waals surface area contributed by atoms with Gasteiger partial charge in [0.05, 0.1) is 11.7 Å². The van der Waals surface area contributed by atoms with Crippen LogP contribution in [0.1, 0.15) is 49.3 Å². The zero-order valence-corrected chi connectivity index (χ0v) is 25.3. The Morgan fingerprint density at radius 1 is 1.07 bits per heavy atom. The number of nitrogens with two attached hydrogens (primary N) is 1. The van der Waals surface area contributed by atoms with Crippen molar-refractivity contribution in [2.24, 2.45) is 17.6 Å². The number of nitrogens with one attached hydrogen (secondary N) is 2. The minimum atomic E-state index is -3.99. The summed E-state index contributed by atoms with van der Waals surface area (Å²) in [7, 11) is -3.99. The summed E-state index contributed by atoms with van der Waals surface area (Å²) in [5.74, 6) is -1.87. The van der Waals surface area contributed by atoms with Crippen LogP contribution in [0.25, 0.3) is 0 Å². The standard InChI is InChI=1S/C30H38ClN5O5S/c1-20-11-13-35(18-20)28(38)25-15-30(25,34-42(40,41)19-21-6-3-2-4-7-21)29(39)36-12-5-8-26(36)27(37)33-17-23-14-24(31)10-9-22(23)16-32/h2-4,6-7,9-10,14,20,25-26,34H,5,8,11-13,15-19,32H2,1H3,(H,33,37)/t20-,25-,26+,30?/m1/s1. The lowest BCUT2D eigenvalue weighted by Crippen LogP contribution is -2.57. The number of amides is 3. The van der Waals surface area contributed by atoms with Gasteiger partial charge < -0.3 is 20.9 Å². The zero-order valence-electron chi connectivity index (χ0n) is 23.7. The summed E-state index contributed by atoms with van der Waals surface area (Å²) in [6, 6.07) is 13.2. The van der Waals surface area contributed by atoms with Crippen LogP contribution >= 0.6 is 11.6 Å². The number of halogens is 1. The molecule has 42 heavy (non-hydrogen) atoms. The van der Waals surface area contributed by atoms with Gasteiger partial charge in [-0.2, -0.15) is 4.72 Å². The second-order valence-corrected chi connectivity index (χ2v) is 13.9. The first kappa shape index (κ1) is 30.5. The van der Waals surface area contributed by atoms with Gasteiger partial charge in [0.25, 0.3) is 0 Å². The molecule has 0 bridgehead atoms. The molecule has 1 unspecified atom stereocenters. The Hall–Kier alpha value is -2.99. The number of hydrogen-bond donors (Lipinski definition) is 3. The van der Waals surface area contributed by atoms with Crippen LogP contribution in [0.2, 0.25) is 5.02 Å². The third-order valence-corrected chi connectivity index (χ3v) is 10.2. The molecule has 2 aliphatic heterocycles. The third-order valence-electron chi connectivity index (χ3n) is 8.57. The fourth-order valence-corrected chi connectivity index (χ4v) is 7.98. The van der Waals surface area contributed by atoms with E-state index in [0.29, 0.717) is 49.0 Å². The molecule has 2 saturated heterocycles. The number of carbonyl (C=O) groups is 3. The van der Waals surface area contributed by atoms with E-state index in [-0.39, 0.29) is 37.1 Å². The van der Waals surface area contributed by atoms with E-state index >= 15 is 0 Å². The highest BCUT2D eigenvalue weighted by molar-refractivity contribution is 7.88. The van der Waals surface area contributed by atoms with E-state index < -0.39 is 33.4 Å². The molecule has 2 heterocycles. The molecule has 4 N–H and O–H groups in total. The lowest BCUT2D eigenvalue weighted by Gasteiger charge is -2.30. The summed E-state index contributed by atoms with van der Waals surface area (Å²) >= 11 is 6.14. The Kier molecular flexibility index (Phi) is 8.94. The average Bonchev–Trinajstić information content (AvgIpc) is 3.26. The minimum absolute atomic E-state index is 0.0663. The number of hydrogen-bond acceptors (Lipinski definition) is 6. The molecule has 3 fully saturated rings. The molecule has 5 rings (SSSR count). The number of carbonyl (C=O) groups excluding carboxylic acids is 3. The topological polar surface area (TPSA) is 142 Å². The fraction of sp³-hybridized carbons (Fsp3) is 0.500. The average molecular weight is 616 g/mol. The Morgan fingerprint density at radius 2 is 1.83 bits per heavy atom. The molecule has 1 aliphatic carbocycles. The number of nitrogens with zero attached hydrogens (tertiary/aromatic N) is 2. The van der Waals surface area contributed by atoms with Gasteiger partial charge in [0.1, 0.15) is 11.6 Å². The Balaban J connectivity index is 1.35. The predicted octanol–water partition coefficient (Wildman–Crippen LogP) is 2.15. The van der Waals surface area contributed by atoms with Crippen LogP contribution in [0.15, 0.2) is 48.5 Å². The molecule has 0 aromatic heterocycles. The molecule has 0 radical (unpaired) electrons. The number of likely N-dealkylation sites (tertiary alicyclic amines) is 2. The maximum Gasteiger partial charge on any atom is 0.245 e. The van der Waals surface area contributed by atoms with Gasteiger partial charge in [0.2, 0.25) is 27.7 Å². The van der Waals surface area contributed by atoms with Gasteiger partial charge in [0, 0.05) is 37.7 Å². The van der Waals surface area contributed by atoms with Crippen LogP contribution in [-0.2, 0) is 43.2 Å². The van der Waals surface area contributed by atoms with Crippen LogP contribution in [0.4, 0.5) is 0 Å². The monoisotopic (exact) mass is 615 g/mol. The maximum absolute atomic E-state index is 14.2. The first-order valence-electron chi connectivity index (χ1n) is 14.4. The third kappa shape index (κ3) is 6.49. The quantitative estimate of drug-likeness (QED) is 0.374. The SMILES string of the molecule is C[C@@H]1CCN(C(=O)[C@H]2CC2(NS(=O)(=O)Cc2ccccc2)C(=O)N2CCC[C@H]2C(=O)NCc2cc(Cl)ccc2CN)C1. The summed E-state index contributed by atoms with van der Waals surface area (Å²) in [5, 5.41) is 3.43. The van der Waals surface area contributed by atoms with Crippen molar-refractivity contribution in [3.63, 3.8) is 0 Å². The fourth-order valence-electron chi connectivity index (χ4n) is 6.21. The molecule has 0 spiro atoms. The van der Waals surface area contributed by atoms with Crippen LogP contribution in [0.5, 0.6) is 0 Å². The summed E-state index contributed by atoms with van der Waals surface area (Å²) in [6.07, 6.45) is 1.96. The van der Waals surface area contributed by atoms with Gasteiger partial charge in [-0.05, 0) is 60.4 Å². The highest BCUT2D eigenvalue weighted by Gasteiger charge is 2.68. The molecule has 3 amide bonds. The van der Waals surface area contributed by atoms with Crippen molar-refractivity contribution in [3.8, 4) is 0 Å². The van der Waals surface area contributed by atoms with Crippen molar-refractivity contribution in [2.45, 2.75) is 63.0 Å².